The molecule has 1 aromatic carbocycles. The number of methoxy groups -OCH3 is 1. The predicted octanol–water partition coefficient (Wildman–Crippen LogP) is 1.87. The van der Waals surface area contributed by atoms with Crippen molar-refractivity contribution in [3.05, 3.63) is 54.5 Å². The molecule has 0 amide bonds. The Bertz CT molecular complexity index is 696. The van der Waals surface area contributed by atoms with Gasteiger partial charge in [0.1, 0.15) is 6.33 Å². The maximum Gasteiger partial charge on any atom is 0.143 e. The summed E-state index contributed by atoms with van der Waals surface area (Å²) >= 11 is 0. The Balaban J connectivity index is 1.98. The molecule has 0 atom stereocenters. The molecule has 20 heavy (non-hydrogen) atoms. The van der Waals surface area contributed by atoms with Gasteiger partial charge in [-0.2, -0.15) is 0 Å². The topological polar surface area (TPSA) is 65.7 Å². The Labute approximate surface area is 116 Å². The van der Waals surface area contributed by atoms with E-state index in [9.17, 15) is 0 Å². The molecule has 6 heteroatoms. The fourth-order valence-corrected chi connectivity index (χ4v) is 1.96. The van der Waals surface area contributed by atoms with E-state index in [4.69, 9.17) is 4.74 Å². The lowest BCUT2D eigenvalue weighted by atomic mass is 10.1. The largest absolute Gasteiger partial charge is 0.378 e. The van der Waals surface area contributed by atoms with Crippen LogP contribution in [0, 0.1) is 0 Å². The van der Waals surface area contributed by atoms with Crippen molar-refractivity contribution in [2.45, 2.75) is 6.61 Å². The summed E-state index contributed by atoms with van der Waals surface area (Å²) in [5.74, 6) is 0. The zero-order valence-corrected chi connectivity index (χ0v) is 11.0. The highest BCUT2D eigenvalue weighted by Crippen LogP contribution is 2.20. The molecule has 0 saturated carbocycles. The molecular formula is C14H13N5O. The van der Waals surface area contributed by atoms with Crippen LogP contribution in [0.5, 0.6) is 0 Å². The van der Waals surface area contributed by atoms with E-state index in [1.165, 1.54) is 0 Å². The van der Waals surface area contributed by atoms with Crippen LogP contribution in [0.1, 0.15) is 5.69 Å². The Morgan fingerprint density at radius 3 is 2.85 bits per heavy atom. The molecule has 0 fully saturated rings. The molecule has 0 aliphatic rings. The van der Waals surface area contributed by atoms with Crippen molar-refractivity contribution in [3.63, 3.8) is 0 Å². The van der Waals surface area contributed by atoms with Gasteiger partial charge in [-0.15, -0.1) is 5.10 Å². The van der Waals surface area contributed by atoms with E-state index < -0.39 is 0 Å². The molecular weight excluding hydrogens is 254 g/mol. The third-order valence-electron chi connectivity index (χ3n) is 2.85. The number of ether oxygens (including phenoxy) is 1. The minimum atomic E-state index is 0.501. The van der Waals surface area contributed by atoms with Crippen LogP contribution in [0.15, 0.2) is 48.8 Å². The first kappa shape index (κ1) is 12.4. The lowest BCUT2D eigenvalue weighted by Crippen LogP contribution is -1.97. The third kappa shape index (κ3) is 2.55. The van der Waals surface area contributed by atoms with Gasteiger partial charge in [-0.25, -0.2) is 4.68 Å². The van der Waals surface area contributed by atoms with Crippen LogP contribution in [0.4, 0.5) is 0 Å². The summed E-state index contributed by atoms with van der Waals surface area (Å²) in [5, 5.41) is 11.2. The molecule has 0 N–H and O–H groups in total. The summed E-state index contributed by atoms with van der Waals surface area (Å²) in [5.41, 5.74) is 3.70. The molecule has 0 aliphatic carbocycles. The van der Waals surface area contributed by atoms with Gasteiger partial charge in [0, 0.05) is 12.7 Å². The summed E-state index contributed by atoms with van der Waals surface area (Å²) in [4.78, 5) is 4.57. The van der Waals surface area contributed by atoms with E-state index in [0.717, 1.165) is 22.6 Å². The SMILES string of the molecule is COCc1cccc(-c2cccc(-n3cnnn3)c2)n1. The summed E-state index contributed by atoms with van der Waals surface area (Å²) in [6.07, 6.45) is 1.56. The highest BCUT2D eigenvalue weighted by Gasteiger charge is 2.04. The molecule has 100 valence electrons. The summed E-state index contributed by atoms with van der Waals surface area (Å²) < 4.78 is 6.72. The Morgan fingerprint density at radius 2 is 2.05 bits per heavy atom. The van der Waals surface area contributed by atoms with E-state index in [-0.39, 0.29) is 0 Å². The first-order valence-corrected chi connectivity index (χ1v) is 6.15. The summed E-state index contributed by atoms with van der Waals surface area (Å²) in [7, 11) is 1.66. The molecule has 3 aromatic rings. The lowest BCUT2D eigenvalue weighted by molar-refractivity contribution is 0.181. The van der Waals surface area contributed by atoms with Gasteiger partial charge in [0.05, 0.1) is 23.7 Å². The fourth-order valence-electron chi connectivity index (χ4n) is 1.96. The van der Waals surface area contributed by atoms with Crippen LogP contribution < -0.4 is 0 Å². The number of benzene rings is 1. The monoisotopic (exact) mass is 267 g/mol. The Hall–Kier alpha value is -2.60. The van der Waals surface area contributed by atoms with Crippen molar-refractivity contribution >= 4 is 0 Å². The third-order valence-corrected chi connectivity index (χ3v) is 2.85. The van der Waals surface area contributed by atoms with Crippen LogP contribution in [-0.2, 0) is 11.3 Å². The highest BCUT2D eigenvalue weighted by atomic mass is 16.5. The van der Waals surface area contributed by atoms with Crippen molar-refractivity contribution in [1.29, 1.82) is 0 Å². The normalized spacial score (nSPS) is 10.7. The van der Waals surface area contributed by atoms with Crippen LogP contribution >= 0.6 is 0 Å². The summed E-state index contributed by atoms with van der Waals surface area (Å²) in [6.45, 7) is 0.501. The quantitative estimate of drug-likeness (QED) is 0.722. The maximum absolute atomic E-state index is 5.11. The van der Waals surface area contributed by atoms with Gasteiger partial charge in [-0.05, 0) is 34.7 Å². The smallest absolute Gasteiger partial charge is 0.143 e. The zero-order chi connectivity index (χ0) is 13.8. The van der Waals surface area contributed by atoms with E-state index in [2.05, 4.69) is 20.5 Å². The number of pyridine rings is 1. The molecule has 6 nitrogen and oxygen atoms in total. The van der Waals surface area contributed by atoms with Crippen molar-refractivity contribution in [1.82, 2.24) is 25.2 Å². The molecule has 2 heterocycles. The molecule has 3 rings (SSSR count). The maximum atomic E-state index is 5.11. The van der Waals surface area contributed by atoms with Crippen LogP contribution in [0.25, 0.3) is 16.9 Å². The number of rotatable bonds is 4. The minimum Gasteiger partial charge on any atom is -0.378 e. The van der Waals surface area contributed by atoms with Crippen LogP contribution in [0.2, 0.25) is 0 Å². The van der Waals surface area contributed by atoms with E-state index in [0.29, 0.717) is 6.61 Å². The van der Waals surface area contributed by atoms with Crippen molar-refractivity contribution in [2.75, 3.05) is 7.11 Å². The second-order valence-corrected chi connectivity index (χ2v) is 4.25. The first-order chi connectivity index (χ1) is 9.86. The molecule has 0 bridgehead atoms. The lowest BCUT2D eigenvalue weighted by Gasteiger charge is -2.06. The van der Waals surface area contributed by atoms with Gasteiger partial charge < -0.3 is 4.74 Å². The predicted molar refractivity (Wildman–Crippen MR) is 73.1 cm³/mol. The second kappa shape index (κ2) is 5.58. The standard InChI is InChI=1S/C14H13N5O/c1-20-9-12-5-3-7-14(16-12)11-4-2-6-13(8-11)19-10-15-17-18-19/h2-8,10H,9H2,1H3. The summed E-state index contributed by atoms with van der Waals surface area (Å²) in [6, 6.07) is 13.8. The van der Waals surface area contributed by atoms with E-state index in [1.54, 1.807) is 18.1 Å². The number of aromatic nitrogens is 5. The number of hydrogen-bond donors (Lipinski definition) is 0. The number of nitrogens with zero attached hydrogens (tertiary/aromatic N) is 5. The highest BCUT2D eigenvalue weighted by molar-refractivity contribution is 5.62. The van der Waals surface area contributed by atoms with E-state index in [1.807, 2.05) is 42.5 Å². The minimum absolute atomic E-state index is 0.501. The molecule has 0 spiro atoms. The van der Waals surface area contributed by atoms with Crippen molar-refractivity contribution in [2.24, 2.45) is 0 Å². The van der Waals surface area contributed by atoms with Gasteiger partial charge in [0.2, 0.25) is 0 Å². The Kier molecular flexibility index (Phi) is 3.47. The number of hydrogen-bond acceptors (Lipinski definition) is 5. The van der Waals surface area contributed by atoms with Crippen LogP contribution in [0.3, 0.4) is 0 Å². The van der Waals surface area contributed by atoms with E-state index >= 15 is 0 Å². The molecule has 0 aliphatic heterocycles. The molecule has 0 radical (unpaired) electrons. The fraction of sp³-hybridized carbons (Fsp3) is 0.143. The average Bonchev–Trinajstić information content (AvgIpc) is 3.02. The zero-order valence-electron chi connectivity index (χ0n) is 11.0. The second-order valence-electron chi connectivity index (χ2n) is 4.25. The molecule has 2 aromatic heterocycles. The van der Waals surface area contributed by atoms with Gasteiger partial charge in [0.15, 0.2) is 0 Å². The van der Waals surface area contributed by atoms with Crippen molar-refractivity contribution < 1.29 is 4.74 Å². The van der Waals surface area contributed by atoms with Gasteiger partial charge >= 0.3 is 0 Å². The van der Waals surface area contributed by atoms with Gasteiger partial charge in [0.25, 0.3) is 0 Å². The van der Waals surface area contributed by atoms with Crippen LogP contribution in [-0.4, -0.2) is 32.3 Å². The average molecular weight is 267 g/mol. The van der Waals surface area contributed by atoms with Gasteiger partial charge in [-0.3, -0.25) is 4.98 Å². The van der Waals surface area contributed by atoms with Gasteiger partial charge in [-0.1, -0.05) is 18.2 Å². The van der Waals surface area contributed by atoms with Crippen molar-refractivity contribution in [3.8, 4) is 16.9 Å². The molecule has 0 saturated heterocycles. The first-order valence-electron chi connectivity index (χ1n) is 6.15. The number of tetrazole rings is 1. The molecule has 0 unspecified atom stereocenters. The Morgan fingerprint density at radius 1 is 1.15 bits per heavy atom.